The molecule has 1 fully saturated rings. The summed E-state index contributed by atoms with van der Waals surface area (Å²) >= 11 is 0. The SMILES string of the molecule is [CH2]c1cc(C(F)(F)F)c(/C=C/c2cccc(-c3cccc(-c4nc5cc(CN6CC[C@@H](O)C6)cc(C#N)c5o4)c3C)c2C)cc1OC. The van der Waals surface area contributed by atoms with Gasteiger partial charge in [0.25, 0.3) is 0 Å². The van der Waals surface area contributed by atoms with E-state index in [0.29, 0.717) is 35.6 Å². The highest BCUT2D eigenvalue weighted by Crippen LogP contribution is 2.38. The number of rotatable bonds is 7. The number of benzene rings is 4. The van der Waals surface area contributed by atoms with Crippen LogP contribution in [0.4, 0.5) is 13.2 Å². The monoisotopic (exact) mass is 636 g/mol. The van der Waals surface area contributed by atoms with Gasteiger partial charge in [-0.1, -0.05) is 42.5 Å². The summed E-state index contributed by atoms with van der Waals surface area (Å²) in [6, 6.07) is 19.9. The van der Waals surface area contributed by atoms with Crippen molar-refractivity contribution in [3.63, 3.8) is 0 Å². The summed E-state index contributed by atoms with van der Waals surface area (Å²) in [7, 11) is 1.40. The molecule has 1 radical (unpaired) electrons. The largest absolute Gasteiger partial charge is 0.496 e. The number of nitrogens with zero attached hydrogens (tertiary/aromatic N) is 3. The summed E-state index contributed by atoms with van der Waals surface area (Å²) in [6.07, 6.45) is -1.03. The number of oxazole rings is 1. The van der Waals surface area contributed by atoms with Crippen LogP contribution in [0.5, 0.6) is 5.75 Å². The van der Waals surface area contributed by atoms with Crippen molar-refractivity contribution in [2.24, 2.45) is 0 Å². The van der Waals surface area contributed by atoms with Crippen molar-refractivity contribution in [2.45, 2.75) is 39.1 Å². The molecule has 47 heavy (non-hydrogen) atoms. The molecule has 0 amide bonds. The number of aliphatic hydroxyl groups excluding tert-OH is 1. The lowest BCUT2D eigenvalue weighted by molar-refractivity contribution is -0.137. The highest BCUT2D eigenvalue weighted by atomic mass is 19.4. The predicted molar refractivity (Wildman–Crippen MR) is 176 cm³/mol. The highest BCUT2D eigenvalue weighted by molar-refractivity contribution is 5.85. The van der Waals surface area contributed by atoms with Gasteiger partial charge in [0.15, 0.2) is 5.58 Å². The number of fused-ring (bicyclic) bond motifs is 1. The van der Waals surface area contributed by atoms with E-state index in [0.717, 1.165) is 58.0 Å². The van der Waals surface area contributed by atoms with E-state index >= 15 is 0 Å². The van der Waals surface area contributed by atoms with E-state index in [4.69, 9.17) is 14.1 Å². The van der Waals surface area contributed by atoms with Gasteiger partial charge in [-0.25, -0.2) is 4.98 Å². The topological polar surface area (TPSA) is 82.5 Å². The number of halogens is 3. The van der Waals surface area contributed by atoms with E-state index in [-0.39, 0.29) is 23.0 Å². The van der Waals surface area contributed by atoms with Crippen molar-refractivity contribution in [1.29, 1.82) is 5.26 Å². The Labute approximate surface area is 271 Å². The van der Waals surface area contributed by atoms with Gasteiger partial charge in [0.1, 0.15) is 17.3 Å². The maximum atomic E-state index is 13.9. The van der Waals surface area contributed by atoms with Crippen LogP contribution in [0.3, 0.4) is 0 Å². The van der Waals surface area contributed by atoms with Gasteiger partial charge in [0.2, 0.25) is 5.89 Å². The highest BCUT2D eigenvalue weighted by Gasteiger charge is 2.33. The molecular formula is C38H33F3N3O3. The molecule has 0 aliphatic carbocycles. The lowest BCUT2D eigenvalue weighted by Gasteiger charge is -2.15. The van der Waals surface area contributed by atoms with E-state index in [1.807, 2.05) is 62.4 Å². The molecule has 1 aliphatic heterocycles. The second kappa shape index (κ2) is 12.7. The van der Waals surface area contributed by atoms with Crippen molar-refractivity contribution in [2.75, 3.05) is 20.2 Å². The van der Waals surface area contributed by atoms with Crippen molar-refractivity contribution >= 4 is 23.3 Å². The molecule has 1 N–H and O–H groups in total. The molecule has 0 bridgehead atoms. The zero-order valence-electron chi connectivity index (χ0n) is 26.3. The summed E-state index contributed by atoms with van der Waals surface area (Å²) in [5.41, 5.74) is 6.86. The van der Waals surface area contributed by atoms with Crippen molar-refractivity contribution in [3.8, 4) is 34.4 Å². The smallest absolute Gasteiger partial charge is 0.417 e. The molecule has 4 aromatic carbocycles. The van der Waals surface area contributed by atoms with Crippen molar-refractivity contribution < 1.29 is 27.4 Å². The van der Waals surface area contributed by atoms with Gasteiger partial charge >= 0.3 is 6.18 Å². The molecule has 239 valence electrons. The Hall–Kier alpha value is -4.91. The van der Waals surface area contributed by atoms with Crippen LogP contribution in [0.15, 0.2) is 65.1 Å². The number of methoxy groups -OCH3 is 1. The zero-order chi connectivity index (χ0) is 33.5. The second-order valence-electron chi connectivity index (χ2n) is 11.9. The Morgan fingerprint density at radius 2 is 1.74 bits per heavy atom. The van der Waals surface area contributed by atoms with Gasteiger partial charge in [0.05, 0.1) is 24.3 Å². The van der Waals surface area contributed by atoms with Crippen LogP contribution in [-0.2, 0) is 12.7 Å². The lowest BCUT2D eigenvalue weighted by atomic mass is 9.91. The molecule has 9 heteroatoms. The molecule has 0 spiro atoms. The summed E-state index contributed by atoms with van der Waals surface area (Å²) < 4.78 is 53.0. The first-order valence-electron chi connectivity index (χ1n) is 15.2. The molecule has 6 nitrogen and oxygen atoms in total. The molecule has 1 atom stereocenters. The summed E-state index contributed by atoms with van der Waals surface area (Å²) in [4.78, 5) is 6.94. The third-order valence-electron chi connectivity index (χ3n) is 8.75. The Morgan fingerprint density at radius 3 is 2.43 bits per heavy atom. The first-order chi connectivity index (χ1) is 22.5. The normalized spacial score (nSPS) is 15.5. The molecule has 1 saturated heterocycles. The first kappa shape index (κ1) is 32.0. The quantitative estimate of drug-likeness (QED) is 0.180. The number of aromatic nitrogens is 1. The maximum Gasteiger partial charge on any atom is 0.417 e. The number of aliphatic hydroxyl groups is 1. The van der Waals surface area contributed by atoms with Gasteiger partial charge in [-0.05, 0) is 102 Å². The molecule has 6 rings (SSSR count). The zero-order valence-corrected chi connectivity index (χ0v) is 26.3. The number of hydrogen-bond acceptors (Lipinski definition) is 6. The van der Waals surface area contributed by atoms with Crippen LogP contribution in [-0.4, -0.2) is 41.3 Å². The second-order valence-corrected chi connectivity index (χ2v) is 11.9. The minimum atomic E-state index is -4.55. The molecule has 5 aromatic rings. The van der Waals surface area contributed by atoms with Gasteiger partial charge in [-0.15, -0.1) is 0 Å². The first-order valence-corrected chi connectivity index (χ1v) is 15.2. The third-order valence-corrected chi connectivity index (χ3v) is 8.75. The summed E-state index contributed by atoms with van der Waals surface area (Å²) in [5, 5.41) is 19.8. The van der Waals surface area contributed by atoms with Gasteiger partial charge < -0.3 is 14.3 Å². The Morgan fingerprint density at radius 1 is 1.04 bits per heavy atom. The minimum absolute atomic E-state index is 0.0152. The Bertz CT molecular complexity index is 2060. The Kier molecular flexibility index (Phi) is 8.66. The molecule has 0 unspecified atom stereocenters. The van der Waals surface area contributed by atoms with Crippen LogP contribution >= 0.6 is 0 Å². The molecular weight excluding hydrogens is 603 g/mol. The van der Waals surface area contributed by atoms with Crippen LogP contribution in [0.25, 0.3) is 45.8 Å². The van der Waals surface area contributed by atoms with E-state index in [2.05, 4.69) is 17.9 Å². The lowest BCUT2D eigenvalue weighted by Crippen LogP contribution is -2.21. The van der Waals surface area contributed by atoms with E-state index in [9.17, 15) is 23.5 Å². The maximum absolute atomic E-state index is 13.9. The van der Waals surface area contributed by atoms with Crippen LogP contribution in [0.2, 0.25) is 0 Å². The van der Waals surface area contributed by atoms with Crippen LogP contribution in [0.1, 0.15) is 50.9 Å². The van der Waals surface area contributed by atoms with E-state index in [1.165, 1.54) is 19.3 Å². The van der Waals surface area contributed by atoms with Crippen molar-refractivity contribution in [1.82, 2.24) is 9.88 Å². The Balaban J connectivity index is 1.35. The van der Waals surface area contributed by atoms with Crippen molar-refractivity contribution in [3.05, 3.63) is 112 Å². The third kappa shape index (κ3) is 6.39. The number of nitriles is 1. The molecule has 1 aromatic heterocycles. The minimum Gasteiger partial charge on any atom is -0.496 e. The van der Waals surface area contributed by atoms with Gasteiger partial charge in [-0.2, -0.15) is 18.4 Å². The predicted octanol–water partition coefficient (Wildman–Crippen LogP) is 8.60. The fourth-order valence-electron chi connectivity index (χ4n) is 6.27. The molecule has 0 saturated carbocycles. The molecule has 2 heterocycles. The summed E-state index contributed by atoms with van der Waals surface area (Å²) in [6.45, 7) is 9.58. The average molecular weight is 637 g/mol. The number of alkyl halides is 3. The van der Waals surface area contributed by atoms with Crippen LogP contribution in [0, 0.1) is 32.1 Å². The van der Waals surface area contributed by atoms with Gasteiger partial charge in [0, 0.05) is 25.2 Å². The average Bonchev–Trinajstić information content (AvgIpc) is 3.65. The fourth-order valence-corrected chi connectivity index (χ4v) is 6.27. The number of β-amino-alcohol motifs (C(OH)–C–C–N with tert-alkyl or cyclic N) is 1. The number of ether oxygens (including phenoxy) is 1. The standard InChI is InChI=1S/C38H33F3N3O3/c1-22-15-33(38(39,40)41)27(18-35(22)46-4)12-11-26-7-5-8-30(23(26)2)31-9-6-10-32(24(31)3)37-43-34-17-25(16-28(19-42)36(34)47-37)20-44-14-13-29(45)21-44/h5-12,15-18,29,45H,1,13-14,20-21H2,2-4H3/b12-11+/t29-/m1/s1. The van der Waals surface area contributed by atoms with E-state index < -0.39 is 11.7 Å². The van der Waals surface area contributed by atoms with Crippen LogP contribution < -0.4 is 4.74 Å². The molecule has 1 aliphatic rings. The summed E-state index contributed by atoms with van der Waals surface area (Å²) in [5.74, 6) is 0.667. The van der Waals surface area contributed by atoms with Gasteiger partial charge in [-0.3, -0.25) is 4.90 Å². The fraction of sp³-hybridized carbons (Fsp3) is 0.237. The number of likely N-dealkylation sites (tertiary alicyclic amines) is 1. The van der Waals surface area contributed by atoms with E-state index in [1.54, 1.807) is 6.08 Å². The number of hydrogen-bond donors (Lipinski definition) is 1.